The molecule has 22 heavy (non-hydrogen) atoms. The van der Waals surface area contributed by atoms with E-state index in [4.69, 9.17) is 0 Å². The van der Waals surface area contributed by atoms with Crippen molar-refractivity contribution in [2.75, 3.05) is 12.4 Å². The molecule has 0 radical (unpaired) electrons. The largest absolute Gasteiger partial charge is 0.354 e. The Kier molecular flexibility index (Phi) is 4.67. The van der Waals surface area contributed by atoms with Crippen LogP contribution in [0.3, 0.4) is 0 Å². The smallest absolute Gasteiger partial charge is 0.274 e. The van der Waals surface area contributed by atoms with Crippen molar-refractivity contribution in [1.82, 2.24) is 10.3 Å². The lowest BCUT2D eigenvalue weighted by molar-refractivity contribution is -0.385. The summed E-state index contributed by atoms with van der Waals surface area (Å²) < 4.78 is 12.9. The molecular formula is C15H17FN4O2. The Morgan fingerprint density at radius 3 is 2.59 bits per heavy atom. The van der Waals surface area contributed by atoms with E-state index in [1.807, 2.05) is 14.0 Å². The molecule has 1 atom stereocenters. The van der Waals surface area contributed by atoms with Crippen LogP contribution >= 0.6 is 0 Å². The van der Waals surface area contributed by atoms with Crippen molar-refractivity contribution >= 4 is 17.1 Å². The average Bonchev–Trinajstić information content (AvgIpc) is 2.50. The van der Waals surface area contributed by atoms with E-state index in [2.05, 4.69) is 15.6 Å². The fraction of sp³-hybridized carbons (Fsp3) is 0.267. The van der Waals surface area contributed by atoms with Crippen molar-refractivity contribution < 1.29 is 9.31 Å². The maximum absolute atomic E-state index is 12.9. The lowest BCUT2D eigenvalue weighted by Gasteiger charge is -2.19. The normalized spacial score (nSPS) is 12.0. The van der Waals surface area contributed by atoms with Gasteiger partial charge in [-0.25, -0.2) is 4.98 Å². The molecule has 1 aromatic carbocycles. The van der Waals surface area contributed by atoms with Gasteiger partial charge in [-0.05, 0) is 44.7 Å². The van der Waals surface area contributed by atoms with Crippen LogP contribution in [-0.4, -0.2) is 17.0 Å². The first-order valence-corrected chi connectivity index (χ1v) is 6.77. The number of rotatable bonds is 5. The van der Waals surface area contributed by atoms with Gasteiger partial charge in [0.05, 0.1) is 28.1 Å². The summed E-state index contributed by atoms with van der Waals surface area (Å²) in [5.41, 5.74) is 2.63. The third-order valence-corrected chi connectivity index (χ3v) is 3.56. The summed E-state index contributed by atoms with van der Waals surface area (Å²) in [6, 6.07) is 5.97. The lowest BCUT2D eigenvalue weighted by Crippen LogP contribution is -2.15. The highest BCUT2D eigenvalue weighted by Gasteiger charge is 2.20. The molecule has 0 bridgehead atoms. The average molecular weight is 304 g/mol. The molecule has 2 aromatic rings. The molecule has 0 spiro atoms. The fourth-order valence-corrected chi connectivity index (χ4v) is 2.20. The molecule has 2 rings (SSSR count). The molecule has 1 heterocycles. The molecule has 7 heteroatoms. The Balaban J connectivity index is 2.51. The first kappa shape index (κ1) is 15.8. The molecule has 1 aromatic heterocycles. The van der Waals surface area contributed by atoms with Gasteiger partial charge in [-0.1, -0.05) is 0 Å². The highest BCUT2D eigenvalue weighted by Crippen LogP contribution is 2.34. The highest BCUT2D eigenvalue weighted by molar-refractivity contribution is 5.71. The topological polar surface area (TPSA) is 80.1 Å². The van der Waals surface area contributed by atoms with Gasteiger partial charge in [-0.2, -0.15) is 4.39 Å². The first-order chi connectivity index (χ1) is 10.4. The molecule has 1 unspecified atom stereocenters. The number of nitro benzene ring substituents is 1. The van der Waals surface area contributed by atoms with Crippen molar-refractivity contribution in [1.29, 1.82) is 0 Å². The summed E-state index contributed by atoms with van der Waals surface area (Å²) in [5, 5.41) is 17.3. The van der Waals surface area contributed by atoms with E-state index >= 15 is 0 Å². The zero-order chi connectivity index (χ0) is 16.3. The van der Waals surface area contributed by atoms with Gasteiger partial charge in [-0.15, -0.1) is 0 Å². The zero-order valence-corrected chi connectivity index (χ0v) is 12.6. The molecule has 0 saturated carbocycles. The maximum atomic E-state index is 12.9. The van der Waals surface area contributed by atoms with Gasteiger partial charge in [0, 0.05) is 12.1 Å². The number of nitrogens with one attached hydrogen (secondary N) is 2. The van der Waals surface area contributed by atoms with Crippen molar-refractivity contribution in [3.8, 4) is 0 Å². The molecule has 6 nitrogen and oxygen atoms in total. The van der Waals surface area contributed by atoms with E-state index in [-0.39, 0.29) is 11.7 Å². The van der Waals surface area contributed by atoms with Crippen LogP contribution in [0.25, 0.3) is 0 Å². The molecule has 0 aliphatic rings. The van der Waals surface area contributed by atoms with Crippen LogP contribution in [0.5, 0.6) is 0 Å². The first-order valence-electron chi connectivity index (χ1n) is 6.77. The fourth-order valence-electron chi connectivity index (χ4n) is 2.20. The Hall–Kier alpha value is -2.54. The van der Waals surface area contributed by atoms with Crippen LogP contribution in [0.1, 0.15) is 24.1 Å². The van der Waals surface area contributed by atoms with Gasteiger partial charge in [0.25, 0.3) is 5.69 Å². The van der Waals surface area contributed by atoms with Crippen LogP contribution in [0.4, 0.5) is 21.5 Å². The van der Waals surface area contributed by atoms with Crippen molar-refractivity contribution in [3.05, 3.63) is 57.7 Å². The van der Waals surface area contributed by atoms with E-state index in [1.165, 1.54) is 24.4 Å². The van der Waals surface area contributed by atoms with Gasteiger partial charge in [0.2, 0.25) is 5.95 Å². The lowest BCUT2D eigenvalue weighted by atomic mass is 10.0. The predicted molar refractivity (Wildman–Crippen MR) is 82.8 cm³/mol. The van der Waals surface area contributed by atoms with Crippen LogP contribution < -0.4 is 10.6 Å². The molecule has 0 amide bonds. The van der Waals surface area contributed by atoms with Gasteiger partial charge in [-0.3, -0.25) is 10.1 Å². The number of nitro groups is 1. The van der Waals surface area contributed by atoms with Crippen molar-refractivity contribution in [3.63, 3.8) is 0 Å². The Bertz CT molecular complexity index is 689. The summed E-state index contributed by atoms with van der Waals surface area (Å²) in [5.74, 6) is -0.579. The van der Waals surface area contributed by atoms with Crippen LogP contribution in [-0.2, 0) is 0 Å². The molecule has 0 fully saturated rings. The van der Waals surface area contributed by atoms with E-state index < -0.39 is 10.9 Å². The second-order valence-electron chi connectivity index (χ2n) is 4.94. The molecular weight excluding hydrogens is 287 g/mol. The Morgan fingerprint density at radius 2 is 2.05 bits per heavy atom. The summed E-state index contributed by atoms with van der Waals surface area (Å²) in [4.78, 5) is 14.3. The number of halogens is 1. The van der Waals surface area contributed by atoms with Crippen LogP contribution in [0.15, 0.2) is 30.5 Å². The summed E-state index contributed by atoms with van der Waals surface area (Å²) >= 11 is 0. The molecule has 0 aliphatic heterocycles. The summed E-state index contributed by atoms with van der Waals surface area (Å²) in [6.45, 7) is 3.64. The second kappa shape index (κ2) is 6.48. The van der Waals surface area contributed by atoms with Crippen LogP contribution in [0.2, 0.25) is 0 Å². The van der Waals surface area contributed by atoms with Gasteiger partial charge >= 0.3 is 0 Å². The Labute approximate surface area is 127 Å². The Morgan fingerprint density at radius 1 is 1.32 bits per heavy atom. The van der Waals surface area contributed by atoms with Gasteiger partial charge in [0.15, 0.2) is 0 Å². The number of nitrogens with zero attached hydrogens (tertiary/aromatic N) is 2. The van der Waals surface area contributed by atoms with E-state index in [1.54, 1.807) is 13.0 Å². The second-order valence-corrected chi connectivity index (χ2v) is 4.94. The predicted octanol–water partition coefficient (Wildman–Crippen LogP) is 3.46. The number of anilines is 2. The van der Waals surface area contributed by atoms with Crippen LogP contribution in [0, 0.1) is 23.0 Å². The quantitative estimate of drug-likeness (QED) is 0.502. The monoisotopic (exact) mass is 304 g/mol. The molecule has 116 valence electrons. The minimum Gasteiger partial charge on any atom is -0.354 e. The zero-order valence-electron chi connectivity index (χ0n) is 12.6. The summed E-state index contributed by atoms with van der Waals surface area (Å²) in [6.07, 6.45) is 1.35. The van der Waals surface area contributed by atoms with Crippen molar-refractivity contribution in [2.24, 2.45) is 0 Å². The molecule has 0 aliphatic carbocycles. The standard InChI is InChI=1S/C15H17FN4O2/c1-9-13(20(21)22)6-5-12(10(2)17-3)15(9)19-11-4-7-14(16)18-8-11/h4-8,10,17,19H,1-3H3. The highest BCUT2D eigenvalue weighted by atomic mass is 19.1. The third-order valence-electron chi connectivity index (χ3n) is 3.56. The van der Waals surface area contributed by atoms with Gasteiger partial charge < -0.3 is 10.6 Å². The molecule has 2 N–H and O–H groups in total. The minimum absolute atomic E-state index is 0.00425. The van der Waals surface area contributed by atoms with Gasteiger partial charge in [0.1, 0.15) is 0 Å². The number of hydrogen-bond acceptors (Lipinski definition) is 5. The number of hydrogen-bond donors (Lipinski definition) is 2. The number of pyridine rings is 1. The number of aromatic nitrogens is 1. The third kappa shape index (κ3) is 3.20. The van der Waals surface area contributed by atoms with E-state index in [0.717, 1.165) is 5.56 Å². The maximum Gasteiger partial charge on any atom is 0.274 e. The summed E-state index contributed by atoms with van der Waals surface area (Å²) in [7, 11) is 1.81. The van der Waals surface area contributed by atoms with Crippen molar-refractivity contribution in [2.45, 2.75) is 19.9 Å². The number of benzene rings is 1. The van der Waals surface area contributed by atoms with E-state index in [9.17, 15) is 14.5 Å². The van der Waals surface area contributed by atoms with E-state index in [0.29, 0.717) is 16.9 Å². The minimum atomic E-state index is -0.579. The SMILES string of the molecule is CNC(C)c1ccc([N+](=O)[O-])c(C)c1Nc1ccc(F)nc1. The molecule has 0 saturated heterocycles.